The molecule has 0 heterocycles. The van der Waals surface area contributed by atoms with Crippen LogP contribution in [0.3, 0.4) is 0 Å². The third-order valence-corrected chi connectivity index (χ3v) is 2.49. The molecule has 0 spiro atoms. The van der Waals surface area contributed by atoms with Gasteiger partial charge in [0.2, 0.25) is 0 Å². The van der Waals surface area contributed by atoms with E-state index in [2.05, 4.69) is 4.90 Å². The summed E-state index contributed by atoms with van der Waals surface area (Å²) in [5.74, 6) is -0.744. The van der Waals surface area contributed by atoms with Crippen LogP contribution in [-0.4, -0.2) is 24.7 Å². The summed E-state index contributed by atoms with van der Waals surface area (Å²) < 4.78 is 0. The molecule has 0 aliphatic carbocycles. The van der Waals surface area contributed by atoms with Crippen molar-refractivity contribution in [3.63, 3.8) is 0 Å². The number of benzene rings is 1. The van der Waals surface area contributed by atoms with Crippen LogP contribution in [0.2, 0.25) is 0 Å². The minimum Gasteiger partial charge on any atom is -0.481 e. The van der Waals surface area contributed by atoms with E-state index < -0.39 is 5.97 Å². The normalized spacial score (nSPS) is 11.2. The number of hydrogen-bond acceptors (Lipinski definition) is 2. The van der Waals surface area contributed by atoms with Crippen molar-refractivity contribution in [2.24, 2.45) is 5.41 Å². The monoisotopic (exact) mass is 221 g/mol. The molecular weight excluding hydrogens is 202 g/mol. The van der Waals surface area contributed by atoms with Crippen LogP contribution in [0.15, 0.2) is 30.3 Å². The number of para-hydroxylation sites is 1. The third-order valence-electron chi connectivity index (χ3n) is 2.49. The summed E-state index contributed by atoms with van der Waals surface area (Å²) in [6.45, 7) is 4.67. The molecule has 16 heavy (non-hydrogen) atoms. The quantitative estimate of drug-likeness (QED) is 0.831. The molecule has 0 unspecified atom stereocenters. The molecule has 0 bridgehead atoms. The summed E-state index contributed by atoms with van der Waals surface area (Å²) in [4.78, 5) is 12.8. The largest absolute Gasteiger partial charge is 0.481 e. The lowest BCUT2D eigenvalue weighted by Crippen LogP contribution is -2.33. The molecule has 0 atom stereocenters. The van der Waals surface area contributed by atoms with Gasteiger partial charge in [0.1, 0.15) is 0 Å². The Balaban J connectivity index is 2.64. The summed E-state index contributed by atoms with van der Waals surface area (Å²) in [5.41, 5.74) is 0.886. The van der Waals surface area contributed by atoms with Gasteiger partial charge in [0, 0.05) is 19.3 Å². The molecule has 0 radical (unpaired) electrons. The van der Waals surface area contributed by atoms with Crippen molar-refractivity contribution in [1.82, 2.24) is 0 Å². The van der Waals surface area contributed by atoms with E-state index >= 15 is 0 Å². The van der Waals surface area contributed by atoms with Gasteiger partial charge in [-0.1, -0.05) is 32.0 Å². The Morgan fingerprint density at radius 1 is 1.31 bits per heavy atom. The lowest BCUT2D eigenvalue weighted by molar-refractivity contribution is -0.139. The number of rotatable bonds is 5. The average Bonchev–Trinajstić information content (AvgIpc) is 2.16. The lowest BCUT2D eigenvalue weighted by Gasteiger charge is -2.30. The number of anilines is 1. The Labute approximate surface area is 96.7 Å². The predicted molar refractivity (Wildman–Crippen MR) is 65.7 cm³/mol. The molecule has 0 amide bonds. The van der Waals surface area contributed by atoms with Gasteiger partial charge in [-0.05, 0) is 17.5 Å². The molecule has 3 nitrogen and oxygen atoms in total. The number of nitrogens with zero attached hydrogens (tertiary/aromatic N) is 1. The van der Waals surface area contributed by atoms with E-state index in [-0.39, 0.29) is 11.8 Å². The second kappa shape index (κ2) is 5.01. The first-order valence-electron chi connectivity index (χ1n) is 5.39. The summed E-state index contributed by atoms with van der Waals surface area (Å²) in [6, 6.07) is 9.99. The van der Waals surface area contributed by atoms with Crippen molar-refractivity contribution in [1.29, 1.82) is 0 Å². The highest BCUT2D eigenvalue weighted by molar-refractivity contribution is 5.67. The Hall–Kier alpha value is -1.51. The molecule has 0 aliphatic heterocycles. The zero-order valence-corrected chi connectivity index (χ0v) is 10.1. The fraction of sp³-hybridized carbons (Fsp3) is 0.462. The van der Waals surface area contributed by atoms with E-state index in [1.54, 1.807) is 0 Å². The van der Waals surface area contributed by atoms with Crippen LogP contribution in [0.25, 0.3) is 0 Å². The molecule has 0 aliphatic rings. The molecular formula is C13H19NO2. The van der Waals surface area contributed by atoms with Gasteiger partial charge in [0.15, 0.2) is 0 Å². The fourth-order valence-corrected chi connectivity index (χ4v) is 1.88. The molecule has 0 fully saturated rings. The number of carboxylic acids is 1. The number of hydrogen-bond donors (Lipinski definition) is 1. The third kappa shape index (κ3) is 3.93. The summed E-state index contributed by atoms with van der Waals surface area (Å²) in [7, 11) is 1.99. The van der Waals surface area contributed by atoms with Crippen molar-refractivity contribution >= 4 is 11.7 Å². The summed E-state index contributed by atoms with van der Waals surface area (Å²) in [6.07, 6.45) is 0.185. The first-order valence-corrected chi connectivity index (χ1v) is 5.39. The SMILES string of the molecule is CN(CC(C)(C)CC(=O)O)c1ccccc1. The van der Waals surface area contributed by atoms with Crippen molar-refractivity contribution in [3.05, 3.63) is 30.3 Å². The van der Waals surface area contributed by atoms with E-state index in [4.69, 9.17) is 5.11 Å². The summed E-state index contributed by atoms with van der Waals surface area (Å²) in [5, 5.41) is 8.81. The van der Waals surface area contributed by atoms with Crippen molar-refractivity contribution in [2.45, 2.75) is 20.3 Å². The van der Waals surface area contributed by atoms with Crippen LogP contribution in [0, 0.1) is 5.41 Å². The lowest BCUT2D eigenvalue weighted by atomic mass is 9.89. The van der Waals surface area contributed by atoms with Gasteiger partial charge in [-0.25, -0.2) is 0 Å². The highest BCUT2D eigenvalue weighted by Gasteiger charge is 2.23. The molecule has 0 saturated carbocycles. The van der Waals surface area contributed by atoms with Gasteiger partial charge in [-0.3, -0.25) is 4.79 Å². The Bertz CT molecular complexity index is 346. The average molecular weight is 221 g/mol. The number of carboxylic acid groups (broad SMARTS) is 1. The minimum atomic E-state index is -0.744. The van der Waals surface area contributed by atoms with Crippen LogP contribution >= 0.6 is 0 Å². The molecule has 0 saturated heterocycles. The zero-order chi connectivity index (χ0) is 12.2. The molecule has 1 aromatic carbocycles. The molecule has 1 rings (SSSR count). The maximum Gasteiger partial charge on any atom is 0.303 e. The Morgan fingerprint density at radius 3 is 2.38 bits per heavy atom. The van der Waals surface area contributed by atoms with Crippen LogP contribution in [0.1, 0.15) is 20.3 Å². The molecule has 1 N–H and O–H groups in total. The van der Waals surface area contributed by atoms with Crippen molar-refractivity contribution in [3.8, 4) is 0 Å². The maximum absolute atomic E-state index is 10.7. The molecule has 88 valence electrons. The maximum atomic E-state index is 10.7. The van der Waals surface area contributed by atoms with Gasteiger partial charge in [-0.15, -0.1) is 0 Å². The Morgan fingerprint density at radius 2 is 1.88 bits per heavy atom. The van der Waals surface area contributed by atoms with Gasteiger partial charge in [0.05, 0.1) is 6.42 Å². The fourth-order valence-electron chi connectivity index (χ4n) is 1.88. The van der Waals surface area contributed by atoms with Gasteiger partial charge in [0.25, 0.3) is 0 Å². The second-order valence-corrected chi connectivity index (χ2v) is 4.93. The molecule has 3 heteroatoms. The van der Waals surface area contributed by atoms with E-state index in [0.29, 0.717) is 0 Å². The predicted octanol–water partition coefficient (Wildman–Crippen LogP) is 2.62. The number of carbonyl (C=O) groups is 1. The van der Waals surface area contributed by atoms with E-state index in [9.17, 15) is 4.79 Å². The summed E-state index contributed by atoms with van der Waals surface area (Å²) >= 11 is 0. The van der Waals surface area contributed by atoms with Crippen LogP contribution < -0.4 is 4.90 Å². The second-order valence-electron chi connectivity index (χ2n) is 4.93. The van der Waals surface area contributed by atoms with Crippen LogP contribution in [0.5, 0.6) is 0 Å². The smallest absolute Gasteiger partial charge is 0.303 e. The topological polar surface area (TPSA) is 40.5 Å². The van der Waals surface area contributed by atoms with E-state index in [1.807, 2.05) is 51.2 Å². The van der Waals surface area contributed by atoms with Crippen molar-refractivity contribution < 1.29 is 9.90 Å². The van der Waals surface area contributed by atoms with Gasteiger partial charge < -0.3 is 10.0 Å². The zero-order valence-electron chi connectivity index (χ0n) is 10.1. The van der Waals surface area contributed by atoms with Crippen molar-refractivity contribution in [2.75, 3.05) is 18.5 Å². The van der Waals surface area contributed by atoms with E-state index in [0.717, 1.165) is 12.2 Å². The van der Waals surface area contributed by atoms with Crippen LogP contribution in [0.4, 0.5) is 5.69 Å². The Kier molecular flexibility index (Phi) is 3.93. The highest BCUT2D eigenvalue weighted by Crippen LogP contribution is 2.24. The minimum absolute atomic E-state index is 0.185. The van der Waals surface area contributed by atoms with Gasteiger partial charge >= 0.3 is 5.97 Å². The van der Waals surface area contributed by atoms with Crippen LogP contribution in [-0.2, 0) is 4.79 Å². The standard InChI is InChI=1S/C13H19NO2/c1-13(2,9-12(15)16)10-14(3)11-7-5-4-6-8-11/h4-8H,9-10H2,1-3H3,(H,15,16). The first kappa shape index (κ1) is 12.6. The highest BCUT2D eigenvalue weighted by atomic mass is 16.4. The molecule has 1 aromatic rings. The number of aliphatic carboxylic acids is 1. The first-order chi connectivity index (χ1) is 7.41. The van der Waals surface area contributed by atoms with E-state index in [1.165, 1.54) is 0 Å². The molecule has 0 aromatic heterocycles. The van der Waals surface area contributed by atoms with Gasteiger partial charge in [-0.2, -0.15) is 0 Å².